The molecule has 4 rings (SSSR count). The number of fused-ring (bicyclic) bond motifs is 1. The second kappa shape index (κ2) is 11.5. The molecule has 0 saturated carbocycles. The van der Waals surface area contributed by atoms with Crippen LogP contribution in [0.5, 0.6) is 5.75 Å². The van der Waals surface area contributed by atoms with Crippen molar-refractivity contribution >= 4 is 46.1 Å². The highest BCUT2D eigenvalue weighted by atomic mass is 35.5. The molecule has 1 N–H and O–H groups in total. The Labute approximate surface area is 209 Å². The van der Waals surface area contributed by atoms with Crippen LogP contribution in [0.1, 0.15) is 24.0 Å². The van der Waals surface area contributed by atoms with Crippen LogP contribution in [0.3, 0.4) is 0 Å². The molecular weight excluding hydrogens is 475 g/mol. The molecule has 3 aromatic rings. The number of benzene rings is 2. The van der Waals surface area contributed by atoms with E-state index in [4.69, 9.17) is 27.9 Å². The Morgan fingerprint density at radius 2 is 2.03 bits per heavy atom. The van der Waals surface area contributed by atoms with Gasteiger partial charge in [-0.25, -0.2) is 0 Å². The predicted octanol–water partition coefficient (Wildman–Crippen LogP) is 5.65. The third-order valence-corrected chi connectivity index (χ3v) is 7.10. The topological polar surface area (TPSA) is 53.2 Å². The molecule has 8 heteroatoms. The van der Waals surface area contributed by atoms with E-state index in [0.29, 0.717) is 34.9 Å². The normalized spacial score (nSPS) is 15.1. The maximum atomic E-state index is 9.58. The first-order valence-electron chi connectivity index (χ1n) is 11.2. The van der Waals surface area contributed by atoms with Crippen molar-refractivity contribution in [2.45, 2.75) is 25.3 Å². The predicted molar refractivity (Wildman–Crippen MR) is 139 cm³/mol. The van der Waals surface area contributed by atoms with Crippen LogP contribution in [0, 0.1) is 11.3 Å². The second-order valence-corrected chi connectivity index (χ2v) is 9.65. The molecule has 174 valence electrons. The average Bonchev–Trinajstić information content (AvgIpc) is 3.26. The Kier molecular flexibility index (Phi) is 8.45. The van der Waals surface area contributed by atoms with Crippen molar-refractivity contribution in [1.29, 1.82) is 5.26 Å². The molecular formula is C25H28Cl2N4OS. The molecule has 2 heterocycles. The summed E-state index contributed by atoms with van der Waals surface area (Å²) < 4.78 is 11.1. The van der Waals surface area contributed by atoms with Crippen molar-refractivity contribution in [2.24, 2.45) is 0 Å². The fourth-order valence-corrected chi connectivity index (χ4v) is 5.30. The van der Waals surface area contributed by atoms with Gasteiger partial charge in [-0.2, -0.15) is 5.26 Å². The molecule has 2 aromatic carbocycles. The zero-order valence-electron chi connectivity index (χ0n) is 18.7. The number of alkyl halides is 1. The zero-order chi connectivity index (χ0) is 23.2. The van der Waals surface area contributed by atoms with Crippen LogP contribution in [0.25, 0.3) is 16.6 Å². The molecule has 0 spiro atoms. The number of aromatic nitrogens is 1. The molecule has 0 atom stereocenters. The smallest absolute Gasteiger partial charge is 0.155 e. The van der Waals surface area contributed by atoms with E-state index in [1.165, 1.54) is 23.8 Å². The Morgan fingerprint density at radius 3 is 2.76 bits per heavy atom. The quantitative estimate of drug-likeness (QED) is 0.302. The third kappa shape index (κ3) is 5.79. The van der Waals surface area contributed by atoms with Gasteiger partial charge in [0.1, 0.15) is 12.7 Å². The number of nitrogens with one attached hydrogen (secondary N) is 1. The number of piperidine rings is 1. The fourth-order valence-electron chi connectivity index (χ4n) is 4.39. The SMILES string of the molecule is CSNC1CCN(CCc2ccc3c(ccn3-c3cc(Cl)c(OCCCl)c(C#N)c3)c2)CC1. The Hall–Kier alpha value is -1.88. The summed E-state index contributed by atoms with van der Waals surface area (Å²) >= 11 is 13.9. The van der Waals surface area contributed by atoms with Gasteiger partial charge in [0.15, 0.2) is 5.75 Å². The van der Waals surface area contributed by atoms with Crippen LogP contribution in [0.4, 0.5) is 0 Å². The number of halogens is 2. The maximum absolute atomic E-state index is 9.58. The molecule has 5 nitrogen and oxygen atoms in total. The summed E-state index contributed by atoms with van der Waals surface area (Å²) in [6, 6.07) is 15.2. The fraction of sp³-hybridized carbons (Fsp3) is 0.400. The molecule has 33 heavy (non-hydrogen) atoms. The molecule has 1 aliphatic rings. The maximum Gasteiger partial charge on any atom is 0.155 e. The minimum absolute atomic E-state index is 0.303. The van der Waals surface area contributed by atoms with Gasteiger partial charge in [-0.15, -0.1) is 11.6 Å². The highest BCUT2D eigenvalue weighted by Gasteiger charge is 2.18. The summed E-state index contributed by atoms with van der Waals surface area (Å²) in [6.45, 7) is 3.70. The van der Waals surface area contributed by atoms with Gasteiger partial charge in [0.2, 0.25) is 0 Å². The number of nitriles is 1. The van der Waals surface area contributed by atoms with Gasteiger partial charge in [0.05, 0.1) is 22.0 Å². The van der Waals surface area contributed by atoms with E-state index in [9.17, 15) is 5.26 Å². The number of rotatable bonds is 9. The van der Waals surface area contributed by atoms with E-state index in [2.05, 4.69) is 50.8 Å². The van der Waals surface area contributed by atoms with Crippen LogP contribution < -0.4 is 9.46 Å². The summed E-state index contributed by atoms with van der Waals surface area (Å²) in [5.74, 6) is 0.719. The number of ether oxygens (including phenoxy) is 1. The highest BCUT2D eigenvalue weighted by molar-refractivity contribution is 7.96. The third-order valence-electron chi connectivity index (χ3n) is 6.09. The molecule has 1 fully saturated rings. The van der Waals surface area contributed by atoms with E-state index < -0.39 is 0 Å². The lowest BCUT2D eigenvalue weighted by Crippen LogP contribution is -2.41. The average molecular weight is 503 g/mol. The van der Waals surface area contributed by atoms with Crippen LogP contribution in [0.15, 0.2) is 42.6 Å². The van der Waals surface area contributed by atoms with Gasteiger partial charge in [0, 0.05) is 29.9 Å². The van der Waals surface area contributed by atoms with Crippen molar-refractivity contribution in [2.75, 3.05) is 38.4 Å². The number of nitrogens with zero attached hydrogens (tertiary/aromatic N) is 3. The van der Waals surface area contributed by atoms with Crippen LogP contribution in [-0.2, 0) is 6.42 Å². The Bertz CT molecular complexity index is 1140. The zero-order valence-corrected chi connectivity index (χ0v) is 21.0. The minimum atomic E-state index is 0.303. The lowest BCUT2D eigenvalue weighted by Gasteiger charge is -2.31. The van der Waals surface area contributed by atoms with E-state index in [0.717, 1.165) is 37.3 Å². The van der Waals surface area contributed by atoms with Crippen LogP contribution >= 0.6 is 35.1 Å². The standard InChI is InChI=1S/C25H28Cl2N4OS/c1-33-29-21-6-10-30(11-7-21)9-4-18-2-3-24-19(14-18)5-12-31(24)22-15-20(17-28)25(23(27)16-22)32-13-8-26/h2-3,5,12,14-16,21,29H,4,6-11,13H2,1H3. The van der Waals surface area contributed by atoms with Crippen molar-refractivity contribution in [3.05, 3.63) is 58.7 Å². The summed E-state index contributed by atoms with van der Waals surface area (Å²) in [4.78, 5) is 2.56. The summed E-state index contributed by atoms with van der Waals surface area (Å²) in [5.41, 5.74) is 3.65. The number of likely N-dealkylation sites (tertiary alicyclic amines) is 1. The largest absolute Gasteiger partial charge is 0.489 e. The van der Waals surface area contributed by atoms with Gasteiger partial charge in [-0.3, -0.25) is 4.72 Å². The molecule has 1 aliphatic heterocycles. The summed E-state index contributed by atoms with van der Waals surface area (Å²) in [6.07, 6.45) is 7.58. The van der Waals surface area contributed by atoms with Crippen molar-refractivity contribution < 1.29 is 4.74 Å². The molecule has 1 aromatic heterocycles. The van der Waals surface area contributed by atoms with Gasteiger partial charge in [0.25, 0.3) is 0 Å². The first-order chi connectivity index (χ1) is 16.1. The molecule has 0 aliphatic carbocycles. The second-order valence-electron chi connectivity index (χ2n) is 8.22. The molecule has 0 radical (unpaired) electrons. The minimum Gasteiger partial charge on any atom is -0.489 e. The monoisotopic (exact) mass is 502 g/mol. The first-order valence-corrected chi connectivity index (χ1v) is 13.3. The lowest BCUT2D eigenvalue weighted by atomic mass is 10.0. The van der Waals surface area contributed by atoms with Crippen molar-refractivity contribution in [3.8, 4) is 17.5 Å². The number of hydrogen-bond acceptors (Lipinski definition) is 5. The highest BCUT2D eigenvalue weighted by Crippen LogP contribution is 2.33. The molecule has 0 amide bonds. The molecule has 1 saturated heterocycles. The van der Waals surface area contributed by atoms with Gasteiger partial charge in [-0.1, -0.05) is 29.6 Å². The summed E-state index contributed by atoms with van der Waals surface area (Å²) in [7, 11) is 0. The molecule has 0 bridgehead atoms. The number of hydrogen-bond donors (Lipinski definition) is 1. The van der Waals surface area contributed by atoms with Crippen molar-refractivity contribution in [3.63, 3.8) is 0 Å². The van der Waals surface area contributed by atoms with E-state index in [1.54, 1.807) is 18.0 Å². The van der Waals surface area contributed by atoms with Gasteiger partial charge in [-0.05, 0) is 74.5 Å². The van der Waals surface area contributed by atoms with Crippen LogP contribution in [-0.4, -0.2) is 53.9 Å². The van der Waals surface area contributed by atoms with Crippen LogP contribution in [0.2, 0.25) is 5.02 Å². The van der Waals surface area contributed by atoms with Gasteiger partial charge < -0.3 is 14.2 Å². The summed E-state index contributed by atoms with van der Waals surface area (Å²) in [5, 5.41) is 11.2. The van der Waals surface area contributed by atoms with E-state index in [1.807, 2.05) is 12.3 Å². The Balaban J connectivity index is 1.47. The molecule has 0 unspecified atom stereocenters. The van der Waals surface area contributed by atoms with E-state index >= 15 is 0 Å². The Morgan fingerprint density at radius 1 is 1.21 bits per heavy atom. The van der Waals surface area contributed by atoms with Crippen molar-refractivity contribution in [1.82, 2.24) is 14.2 Å². The van der Waals surface area contributed by atoms with Gasteiger partial charge >= 0.3 is 0 Å². The van der Waals surface area contributed by atoms with E-state index in [-0.39, 0.29) is 0 Å². The lowest BCUT2D eigenvalue weighted by molar-refractivity contribution is 0.211. The first kappa shape index (κ1) is 24.3.